The van der Waals surface area contributed by atoms with E-state index in [0.717, 1.165) is 10.0 Å². The number of aromatic nitrogens is 2. The van der Waals surface area contributed by atoms with Crippen molar-refractivity contribution in [1.82, 2.24) is 8.96 Å². The van der Waals surface area contributed by atoms with E-state index in [1.807, 2.05) is 0 Å². The van der Waals surface area contributed by atoms with Gasteiger partial charge in [0.2, 0.25) is 0 Å². The van der Waals surface area contributed by atoms with Crippen molar-refractivity contribution in [3.8, 4) is 0 Å². The van der Waals surface area contributed by atoms with Crippen LogP contribution in [0.5, 0.6) is 0 Å². The van der Waals surface area contributed by atoms with Gasteiger partial charge in [-0.3, -0.25) is 10.1 Å². The monoisotopic (exact) mass is 303 g/mol. The number of non-ortho nitro benzene ring substituents is 1. The molecule has 0 radical (unpaired) electrons. The van der Waals surface area contributed by atoms with Gasteiger partial charge in [0, 0.05) is 12.1 Å². The predicted octanol–water partition coefficient (Wildman–Crippen LogP) is 2.18. The van der Waals surface area contributed by atoms with Crippen LogP contribution in [0.25, 0.3) is 11.0 Å². The Morgan fingerprint density at radius 2 is 1.86 bits per heavy atom. The number of imidazole rings is 1. The van der Waals surface area contributed by atoms with Crippen molar-refractivity contribution in [3.63, 3.8) is 0 Å². The van der Waals surface area contributed by atoms with E-state index in [9.17, 15) is 18.5 Å². The van der Waals surface area contributed by atoms with E-state index in [-0.39, 0.29) is 10.6 Å². The number of rotatable bonds is 3. The van der Waals surface area contributed by atoms with Crippen LogP contribution in [0.1, 0.15) is 0 Å². The van der Waals surface area contributed by atoms with Crippen LogP contribution >= 0.6 is 0 Å². The molecule has 0 aliphatic rings. The van der Waals surface area contributed by atoms with Crippen LogP contribution in [0.15, 0.2) is 59.8 Å². The minimum Gasteiger partial charge on any atom is -0.258 e. The third-order valence-electron chi connectivity index (χ3n) is 3.01. The van der Waals surface area contributed by atoms with Gasteiger partial charge >= 0.3 is 0 Å². The first kappa shape index (κ1) is 13.3. The van der Waals surface area contributed by atoms with Crippen LogP contribution in [-0.2, 0) is 10.0 Å². The van der Waals surface area contributed by atoms with Gasteiger partial charge in [-0.2, -0.15) is 0 Å². The molecule has 1 heterocycles. The molecular formula is C13H9N3O4S. The molecule has 106 valence electrons. The molecule has 0 amide bonds. The van der Waals surface area contributed by atoms with Crippen molar-refractivity contribution < 1.29 is 13.3 Å². The number of hydrogen-bond acceptors (Lipinski definition) is 5. The van der Waals surface area contributed by atoms with Crippen molar-refractivity contribution in [3.05, 3.63) is 65.0 Å². The Kier molecular flexibility index (Phi) is 2.95. The average molecular weight is 303 g/mol. The molecule has 3 aromatic rings. The molecule has 0 spiro atoms. The van der Waals surface area contributed by atoms with Crippen LogP contribution < -0.4 is 0 Å². The molecule has 0 unspecified atom stereocenters. The molecule has 21 heavy (non-hydrogen) atoms. The lowest BCUT2D eigenvalue weighted by Crippen LogP contribution is -2.12. The van der Waals surface area contributed by atoms with Crippen LogP contribution in [0.3, 0.4) is 0 Å². The summed E-state index contributed by atoms with van der Waals surface area (Å²) in [6.45, 7) is 0. The molecule has 0 atom stereocenters. The second-order valence-corrected chi connectivity index (χ2v) is 6.10. The van der Waals surface area contributed by atoms with Crippen LogP contribution in [0, 0.1) is 10.1 Å². The molecule has 0 bridgehead atoms. The van der Waals surface area contributed by atoms with Gasteiger partial charge in [0.05, 0.1) is 20.9 Å². The number of nitrogens with zero attached hydrogens (tertiary/aromatic N) is 3. The standard InChI is InChI=1S/C13H9N3O4S/c17-16(18)10-4-3-5-11(8-10)21(19,20)15-9-14-12-6-1-2-7-13(12)15/h1-9H. The third-order valence-corrected chi connectivity index (χ3v) is 4.66. The second kappa shape index (κ2) is 4.67. The van der Waals surface area contributed by atoms with Crippen LogP contribution in [-0.4, -0.2) is 22.3 Å². The summed E-state index contributed by atoms with van der Waals surface area (Å²) in [5.41, 5.74) is 0.677. The van der Waals surface area contributed by atoms with Crippen molar-refractivity contribution in [2.24, 2.45) is 0 Å². The molecule has 0 aliphatic carbocycles. The summed E-state index contributed by atoms with van der Waals surface area (Å²) in [7, 11) is -3.93. The zero-order valence-corrected chi connectivity index (χ0v) is 11.4. The zero-order valence-electron chi connectivity index (χ0n) is 10.6. The largest absolute Gasteiger partial charge is 0.270 e. The maximum Gasteiger partial charge on any atom is 0.270 e. The van der Waals surface area contributed by atoms with Gasteiger partial charge in [0.25, 0.3) is 15.7 Å². The first-order valence-electron chi connectivity index (χ1n) is 5.92. The lowest BCUT2D eigenvalue weighted by molar-refractivity contribution is -0.385. The van der Waals surface area contributed by atoms with E-state index < -0.39 is 14.9 Å². The lowest BCUT2D eigenvalue weighted by atomic mass is 10.3. The summed E-state index contributed by atoms with van der Waals surface area (Å²) < 4.78 is 26.2. The Hall–Kier alpha value is -2.74. The van der Waals surface area contributed by atoms with E-state index in [1.54, 1.807) is 24.3 Å². The van der Waals surface area contributed by atoms with Crippen molar-refractivity contribution in [2.75, 3.05) is 0 Å². The molecular weight excluding hydrogens is 294 g/mol. The fourth-order valence-electron chi connectivity index (χ4n) is 2.00. The summed E-state index contributed by atoms with van der Waals surface area (Å²) in [6, 6.07) is 11.7. The Morgan fingerprint density at radius 3 is 2.62 bits per heavy atom. The first-order chi connectivity index (χ1) is 10.00. The topological polar surface area (TPSA) is 95.1 Å². The third kappa shape index (κ3) is 2.15. The van der Waals surface area contributed by atoms with Crippen LogP contribution in [0.2, 0.25) is 0 Å². The Morgan fingerprint density at radius 1 is 1.10 bits per heavy atom. The van der Waals surface area contributed by atoms with Gasteiger partial charge < -0.3 is 0 Å². The van der Waals surface area contributed by atoms with Gasteiger partial charge in [-0.25, -0.2) is 17.4 Å². The predicted molar refractivity (Wildman–Crippen MR) is 75.4 cm³/mol. The van der Waals surface area contributed by atoms with E-state index in [4.69, 9.17) is 0 Å². The molecule has 0 N–H and O–H groups in total. The highest BCUT2D eigenvalue weighted by molar-refractivity contribution is 7.90. The fourth-order valence-corrected chi connectivity index (χ4v) is 3.33. The average Bonchev–Trinajstić information content (AvgIpc) is 2.92. The number of fused-ring (bicyclic) bond motifs is 1. The van der Waals surface area contributed by atoms with E-state index in [0.29, 0.717) is 11.0 Å². The van der Waals surface area contributed by atoms with Crippen molar-refractivity contribution in [1.29, 1.82) is 0 Å². The summed E-state index contributed by atoms with van der Waals surface area (Å²) in [5.74, 6) is 0. The summed E-state index contributed by atoms with van der Waals surface area (Å²) in [4.78, 5) is 14.0. The first-order valence-corrected chi connectivity index (χ1v) is 7.36. The Labute approximate surface area is 119 Å². The minimum absolute atomic E-state index is 0.153. The number of para-hydroxylation sites is 2. The smallest absolute Gasteiger partial charge is 0.258 e. The van der Waals surface area contributed by atoms with Gasteiger partial charge in [-0.1, -0.05) is 18.2 Å². The maximum absolute atomic E-state index is 12.6. The molecule has 1 aromatic heterocycles. The Balaban J connectivity index is 2.21. The number of hydrogen-bond donors (Lipinski definition) is 0. The molecule has 0 saturated heterocycles. The zero-order chi connectivity index (χ0) is 15.0. The normalized spacial score (nSPS) is 11.6. The summed E-state index contributed by atoms with van der Waals surface area (Å²) in [5, 5.41) is 10.8. The van der Waals surface area contributed by atoms with Crippen molar-refractivity contribution >= 4 is 26.7 Å². The van der Waals surface area contributed by atoms with Gasteiger partial charge in [0.1, 0.15) is 6.33 Å². The molecule has 0 aliphatic heterocycles. The Bertz CT molecular complexity index is 947. The minimum atomic E-state index is -3.93. The fraction of sp³-hybridized carbons (Fsp3) is 0. The summed E-state index contributed by atoms with van der Waals surface area (Å²) >= 11 is 0. The quantitative estimate of drug-likeness (QED) is 0.546. The molecule has 7 nitrogen and oxygen atoms in total. The molecule has 2 aromatic carbocycles. The number of benzene rings is 2. The highest BCUT2D eigenvalue weighted by Gasteiger charge is 2.21. The van der Waals surface area contributed by atoms with Gasteiger partial charge in [0.15, 0.2) is 0 Å². The second-order valence-electron chi connectivity index (χ2n) is 4.29. The highest BCUT2D eigenvalue weighted by Crippen LogP contribution is 2.23. The van der Waals surface area contributed by atoms with E-state index in [2.05, 4.69) is 4.98 Å². The van der Waals surface area contributed by atoms with Crippen molar-refractivity contribution in [2.45, 2.75) is 4.90 Å². The van der Waals surface area contributed by atoms with Gasteiger partial charge in [-0.15, -0.1) is 0 Å². The number of nitro groups is 1. The van der Waals surface area contributed by atoms with Crippen LogP contribution in [0.4, 0.5) is 5.69 Å². The van der Waals surface area contributed by atoms with E-state index in [1.165, 1.54) is 24.5 Å². The highest BCUT2D eigenvalue weighted by atomic mass is 32.2. The summed E-state index contributed by atoms with van der Waals surface area (Å²) in [6.07, 6.45) is 1.19. The van der Waals surface area contributed by atoms with Gasteiger partial charge in [-0.05, 0) is 18.2 Å². The lowest BCUT2D eigenvalue weighted by Gasteiger charge is -2.06. The number of nitro benzene ring substituents is 1. The maximum atomic E-state index is 12.6. The molecule has 3 rings (SSSR count). The SMILES string of the molecule is O=[N+]([O-])c1cccc(S(=O)(=O)n2cnc3ccccc32)c1. The van der Waals surface area contributed by atoms with E-state index >= 15 is 0 Å². The molecule has 8 heteroatoms. The molecule has 0 saturated carbocycles. The molecule has 0 fully saturated rings.